The molecule has 0 aliphatic carbocycles. The second-order valence-electron chi connectivity index (χ2n) is 9.05. The largest absolute Gasteiger partial charge is 0.480 e. The molecule has 2 aromatic rings. The molecule has 32 heavy (non-hydrogen) atoms. The highest BCUT2D eigenvalue weighted by molar-refractivity contribution is 7.80. The molecule has 0 aromatic heterocycles. The van der Waals surface area contributed by atoms with E-state index in [1.54, 1.807) is 0 Å². The smallest absolute Gasteiger partial charge is 0.308 e. The van der Waals surface area contributed by atoms with Crippen LogP contribution in [-0.2, 0) is 11.2 Å². The maximum atomic E-state index is 11.6. The van der Waals surface area contributed by atoms with E-state index in [4.69, 9.17) is 21.7 Å². The molecule has 0 amide bonds. The van der Waals surface area contributed by atoms with Crippen molar-refractivity contribution < 1.29 is 14.3 Å². The predicted octanol–water partition coefficient (Wildman–Crippen LogP) is 4.77. The lowest BCUT2D eigenvalue weighted by molar-refractivity contribution is -0.132. The van der Waals surface area contributed by atoms with Gasteiger partial charge in [-0.2, -0.15) is 0 Å². The van der Waals surface area contributed by atoms with Gasteiger partial charge in [0, 0.05) is 44.4 Å². The number of fused-ring (bicyclic) bond motifs is 1. The van der Waals surface area contributed by atoms with Crippen LogP contribution in [0.4, 0.5) is 5.69 Å². The van der Waals surface area contributed by atoms with Crippen LogP contribution in [0.15, 0.2) is 30.3 Å². The molecule has 2 heterocycles. The van der Waals surface area contributed by atoms with Gasteiger partial charge in [-0.05, 0) is 69.4 Å². The molecular weight excluding hydrogens is 420 g/mol. The molecule has 0 bridgehead atoms. The van der Waals surface area contributed by atoms with E-state index >= 15 is 0 Å². The normalized spacial score (nSPS) is 20.4. The Balaban J connectivity index is 1.52. The summed E-state index contributed by atoms with van der Waals surface area (Å²) in [6.07, 6.45) is 1.65. The van der Waals surface area contributed by atoms with Crippen LogP contribution in [0.2, 0.25) is 0 Å². The molecule has 4 rings (SSSR count). The summed E-state index contributed by atoms with van der Waals surface area (Å²) in [6, 6.07) is 10.5. The number of piperazine rings is 1. The third-order valence-corrected chi connectivity index (χ3v) is 7.57. The zero-order valence-corrected chi connectivity index (χ0v) is 20.5. The van der Waals surface area contributed by atoms with Crippen LogP contribution in [0.3, 0.4) is 0 Å². The minimum absolute atomic E-state index is 0.298. The lowest BCUT2D eigenvalue weighted by Gasteiger charge is -2.45. The molecule has 1 fully saturated rings. The molecule has 6 heteroatoms. The molecule has 0 N–H and O–H groups in total. The molecule has 1 saturated heterocycles. The van der Waals surface area contributed by atoms with Crippen LogP contribution >= 0.6 is 12.2 Å². The van der Waals surface area contributed by atoms with E-state index in [9.17, 15) is 4.79 Å². The van der Waals surface area contributed by atoms with E-state index in [1.807, 2.05) is 20.8 Å². The van der Waals surface area contributed by atoms with Gasteiger partial charge in [0.15, 0.2) is 5.60 Å². The second-order valence-corrected chi connectivity index (χ2v) is 9.44. The molecule has 5 nitrogen and oxygen atoms in total. The molecular formula is C26H32N2O3S. The summed E-state index contributed by atoms with van der Waals surface area (Å²) in [5.74, 6) is 1.27. The van der Waals surface area contributed by atoms with E-state index in [-0.39, 0.29) is 5.97 Å². The molecule has 170 valence electrons. The van der Waals surface area contributed by atoms with Crippen LogP contribution in [0.1, 0.15) is 42.5 Å². The van der Waals surface area contributed by atoms with Gasteiger partial charge in [-0.25, -0.2) is 0 Å². The molecule has 1 unspecified atom stereocenters. The Hall–Kier alpha value is -2.60. The fraction of sp³-hybridized carbons (Fsp3) is 0.462. The van der Waals surface area contributed by atoms with Gasteiger partial charge in [0.2, 0.25) is 0 Å². The van der Waals surface area contributed by atoms with Crippen molar-refractivity contribution in [2.24, 2.45) is 0 Å². The van der Waals surface area contributed by atoms with Gasteiger partial charge in [0.1, 0.15) is 16.5 Å². The van der Waals surface area contributed by atoms with E-state index in [1.165, 1.54) is 12.6 Å². The number of para-hydroxylation sites is 1. The Morgan fingerprint density at radius 3 is 2.31 bits per heavy atom. The standard InChI is InChI=1S/C26H32N2O3S/c1-17-18(2)24-22(19(3)23(17)30-20(4)29)11-12-26(5,31-24)25(32)28-15-13-27(14-16-28)21-9-7-6-8-10-21/h6-10H,11-16H2,1-5H3. The average molecular weight is 453 g/mol. The number of hydrogen-bond acceptors (Lipinski definition) is 5. The fourth-order valence-corrected chi connectivity index (χ4v) is 5.15. The number of thiocarbonyl (C=S) groups is 1. The monoisotopic (exact) mass is 452 g/mol. The highest BCUT2D eigenvalue weighted by Crippen LogP contribution is 2.44. The Kier molecular flexibility index (Phi) is 6.17. The molecule has 2 aliphatic heterocycles. The molecule has 2 aliphatic rings. The summed E-state index contributed by atoms with van der Waals surface area (Å²) in [4.78, 5) is 17.2. The van der Waals surface area contributed by atoms with Crippen molar-refractivity contribution in [3.05, 3.63) is 52.6 Å². The van der Waals surface area contributed by atoms with Gasteiger partial charge in [0.05, 0.1) is 0 Å². The lowest BCUT2D eigenvalue weighted by atomic mass is 9.86. The minimum atomic E-state index is -0.524. The average Bonchev–Trinajstić information content (AvgIpc) is 2.80. The highest BCUT2D eigenvalue weighted by atomic mass is 32.1. The number of carbonyl (C=O) groups excluding carboxylic acids is 1. The van der Waals surface area contributed by atoms with Crippen molar-refractivity contribution in [3.8, 4) is 11.5 Å². The van der Waals surface area contributed by atoms with E-state index in [2.05, 4.69) is 47.1 Å². The fourth-order valence-electron chi connectivity index (χ4n) is 4.82. The van der Waals surface area contributed by atoms with Gasteiger partial charge in [-0.3, -0.25) is 4.79 Å². The lowest BCUT2D eigenvalue weighted by Crippen LogP contribution is -2.57. The zero-order valence-electron chi connectivity index (χ0n) is 19.7. The number of esters is 1. The number of hydrogen-bond donors (Lipinski definition) is 0. The number of nitrogens with zero attached hydrogens (tertiary/aromatic N) is 2. The summed E-state index contributed by atoms with van der Waals surface area (Å²) in [5.41, 5.74) is 4.82. The van der Waals surface area contributed by atoms with Crippen LogP contribution in [-0.4, -0.2) is 47.6 Å². The summed E-state index contributed by atoms with van der Waals surface area (Å²) in [7, 11) is 0. The van der Waals surface area contributed by atoms with Gasteiger partial charge in [0.25, 0.3) is 0 Å². The quantitative estimate of drug-likeness (QED) is 0.380. The van der Waals surface area contributed by atoms with E-state index in [0.717, 1.165) is 72.0 Å². The SMILES string of the molecule is CC(=O)Oc1c(C)c(C)c2c(c1C)CCC(C)(C(=S)N1CCN(c3ccccc3)CC1)O2. The van der Waals surface area contributed by atoms with Crippen LogP contribution in [0.25, 0.3) is 0 Å². The third-order valence-electron chi connectivity index (χ3n) is 6.88. The number of carbonyl (C=O) groups is 1. The van der Waals surface area contributed by atoms with Crippen molar-refractivity contribution in [1.29, 1.82) is 0 Å². The first-order chi connectivity index (χ1) is 15.2. The van der Waals surface area contributed by atoms with Gasteiger partial charge in [-0.1, -0.05) is 30.4 Å². The first kappa shape index (κ1) is 22.6. The topological polar surface area (TPSA) is 42.0 Å². The predicted molar refractivity (Wildman–Crippen MR) is 132 cm³/mol. The number of anilines is 1. The van der Waals surface area contributed by atoms with Crippen LogP contribution < -0.4 is 14.4 Å². The van der Waals surface area contributed by atoms with Gasteiger partial charge in [-0.15, -0.1) is 0 Å². The summed E-state index contributed by atoms with van der Waals surface area (Å²) in [5, 5.41) is 0. The van der Waals surface area contributed by atoms with Gasteiger partial charge < -0.3 is 19.3 Å². The number of ether oxygens (including phenoxy) is 2. The Morgan fingerprint density at radius 2 is 1.69 bits per heavy atom. The number of benzene rings is 2. The van der Waals surface area contributed by atoms with Crippen molar-refractivity contribution in [2.45, 2.75) is 53.1 Å². The maximum absolute atomic E-state index is 11.6. The third kappa shape index (κ3) is 4.08. The maximum Gasteiger partial charge on any atom is 0.308 e. The molecule has 0 saturated carbocycles. The number of rotatable bonds is 3. The summed E-state index contributed by atoms with van der Waals surface area (Å²) < 4.78 is 12.2. The Bertz CT molecular complexity index is 1050. The van der Waals surface area contributed by atoms with Crippen molar-refractivity contribution in [3.63, 3.8) is 0 Å². The molecule has 1 atom stereocenters. The Morgan fingerprint density at radius 1 is 1.03 bits per heavy atom. The zero-order chi connectivity index (χ0) is 23.0. The van der Waals surface area contributed by atoms with Crippen molar-refractivity contribution in [1.82, 2.24) is 4.90 Å². The first-order valence-electron chi connectivity index (χ1n) is 11.3. The van der Waals surface area contributed by atoms with Crippen molar-refractivity contribution in [2.75, 3.05) is 31.1 Å². The summed E-state index contributed by atoms with van der Waals surface area (Å²) >= 11 is 6.00. The van der Waals surface area contributed by atoms with Gasteiger partial charge >= 0.3 is 5.97 Å². The Labute approximate surface area is 196 Å². The van der Waals surface area contributed by atoms with Crippen molar-refractivity contribution >= 4 is 28.9 Å². The second kappa shape index (κ2) is 8.74. The summed E-state index contributed by atoms with van der Waals surface area (Å²) in [6.45, 7) is 13.3. The first-order valence-corrected chi connectivity index (χ1v) is 11.7. The van der Waals surface area contributed by atoms with E-state index < -0.39 is 5.60 Å². The van der Waals surface area contributed by atoms with Crippen LogP contribution in [0.5, 0.6) is 11.5 Å². The van der Waals surface area contributed by atoms with E-state index in [0.29, 0.717) is 5.75 Å². The molecule has 0 spiro atoms. The molecule has 2 aromatic carbocycles. The highest BCUT2D eigenvalue weighted by Gasteiger charge is 2.41. The van der Waals surface area contributed by atoms with Crippen LogP contribution in [0, 0.1) is 20.8 Å². The molecule has 0 radical (unpaired) electrons. The minimum Gasteiger partial charge on any atom is -0.480 e.